The largest absolute Gasteiger partial charge is 0.394 e. The molecule has 0 amide bonds. The zero-order valence-electron chi connectivity index (χ0n) is 18.9. The second-order valence-electron chi connectivity index (χ2n) is 8.97. The molecule has 2 aromatic heterocycles. The fraction of sp³-hybridized carbons (Fsp3) is 0.333. The minimum atomic E-state index is -0.529. The highest BCUT2D eigenvalue weighted by Crippen LogP contribution is 2.41. The number of nitrogens with one attached hydrogen (secondary N) is 3. The van der Waals surface area contributed by atoms with E-state index in [0.29, 0.717) is 22.6 Å². The van der Waals surface area contributed by atoms with Crippen LogP contribution in [0.25, 0.3) is 10.8 Å². The molecule has 1 fully saturated rings. The van der Waals surface area contributed by atoms with Gasteiger partial charge in [0.2, 0.25) is 0 Å². The van der Waals surface area contributed by atoms with Gasteiger partial charge in [-0.3, -0.25) is 9.69 Å². The van der Waals surface area contributed by atoms with Gasteiger partial charge in [0.1, 0.15) is 18.0 Å². The van der Waals surface area contributed by atoms with Gasteiger partial charge in [-0.1, -0.05) is 24.3 Å². The SMILES string of the molecule is O=c1[nH]nc2c3c(cc(F)cc13)NNC(c1ccc(CN3CCC3)cc1)C2c1ncnn1CCO. The number of aliphatic hydroxyl groups excluding tert-OH is 1. The summed E-state index contributed by atoms with van der Waals surface area (Å²) < 4.78 is 16.0. The number of hydrazine groups is 1. The Balaban J connectivity index is 1.50. The zero-order chi connectivity index (χ0) is 23.9. The number of nitrogens with zero attached hydrogens (tertiary/aromatic N) is 5. The van der Waals surface area contributed by atoms with Crippen LogP contribution in [0.1, 0.15) is 41.0 Å². The molecule has 2 aliphatic rings. The molecule has 11 heteroatoms. The molecule has 4 aromatic rings. The Morgan fingerprint density at radius 3 is 2.74 bits per heavy atom. The average molecular weight is 477 g/mol. The van der Waals surface area contributed by atoms with Crippen molar-refractivity contribution in [1.82, 2.24) is 35.3 Å². The van der Waals surface area contributed by atoms with Crippen molar-refractivity contribution in [2.45, 2.75) is 31.5 Å². The first-order chi connectivity index (χ1) is 17.1. The molecule has 6 rings (SSSR count). The summed E-state index contributed by atoms with van der Waals surface area (Å²) in [6.45, 7) is 3.31. The first kappa shape index (κ1) is 21.8. The highest BCUT2D eigenvalue weighted by Gasteiger charge is 2.36. The lowest BCUT2D eigenvalue weighted by Gasteiger charge is -2.31. The summed E-state index contributed by atoms with van der Waals surface area (Å²) in [5.74, 6) is -0.455. The lowest BCUT2D eigenvalue weighted by molar-refractivity contribution is 0.172. The van der Waals surface area contributed by atoms with Gasteiger partial charge in [0.05, 0.1) is 41.9 Å². The molecule has 0 radical (unpaired) electrons. The Kier molecular flexibility index (Phi) is 5.51. The predicted molar refractivity (Wildman–Crippen MR) is 127 cm³/mol. The van der Waals surface area contributed by atoms with E-state index in [0.717, 1.165) is 25.2 Å². The highest BCUT2D eigenvalue weighted by molar-refractivity contribution is 5.96. The Bertz CT molecular complexity index is 1430. The topological polar surface area (TPSA) is 124 Å². The zero-order valence-corrected chi connectivity index (χ0v) is 18.9. The minimum Gasteiger partial charge on any atom is -0.394 e. The fourth-order valence-electron chi connectivity index (χ4n) is 4.97. The van der Waals surface area contributed by atoms with Gasteiger partial charge in [0.15, 0.2) is 0 Å². The van der Waals surface area contributed by atoms with Gasteiger partial charge < -0.3 is 10.5 Å². The summed E-state index contributed by atoms with van der Waals surface area (Å²) in [5, 5.41) is 21.5. The lowest BCUT2D eigenvalue weighted by atomic mass is 9.87. The van der Waals surface area contributed by atoms with Crippen LogP contribution in [0.5, 0.6) is 0 Å². The van der Waals surface area contributed by atoms with E-state index in [1.165, 1.54) is 30.4 Å². The smallest absolute Gasteiger partial charge is 0.272 e. The van der Waals surface area contributed by atoms with Crippen LogP contribution in [0.3, 0.4) is 0 Å². The molecule has 0 spiro atoms. The number of hydrogen-bond acceptors (Lipinski definition) is 8. The van der Waals surface area contributed by atoms with Crippen molar-refractivity contribution in [2.75, 3.05) is 25.1 Å². The van der Waals surface area contributed by atoms with Crippen LogP contribution in [0.2, 0.25) is 0 Å². The highest BCUT2D eigenvalue weighted by atomic mass is 19.1. The maximum Gasteiger partial charge on any atom is 0.272 e. The summed E-state index contributed by atoms with van der Waals surface area (Å²) >= 11 is 0. The molecular formula is C24H25FN8O2. The van der Waals surface area contributed by atoms with Crippen LogP contribution >= 0.6 is 0 Å². The Labute approximate surface area is 199 Å². The normalized spacial score (nSPS) is 19.8. The average Bonchev–Trinajstić information content (AvgIpc) is 3.21. The standard InChI is InChI=1S/C24H25FN8O2/c25-16-10-17-19-18(11-16)28-29-21(15-4-2-14(3-5-15)12-32-6-1-7-32)20(22(19)30-31-24(17)35)23-26-13-27-33(23)8-9-34/h2-5,10-11,13,20-21,28-29,34H,1,6-9,12H2,(H,31,35). The van der Waals surface area contributed by atoms with Gasteiger partial charge in [0, 0.05) is 11.9 Å². The number of aliphatic hydroxyl groups is 1. The van der Waals surface area contributed by atoms with Crippen molar-refractivity contribution in [2.24, 2.45) is 0 Å². The number of H-pyrrole nitrogens is 1. The Morgan fingerprint density at radius 2 is 2.00 bits per heavy atom. The molecule has 2 aromatic carbocycles. The van der Waals surface area contributed by atoms with Crippen LogP contribution in [0.15, 0.2) is 47.5 Å². The molecular weight excluding hydrogens is 451 g/mol. The van der Waals surface area contributed by atoms with Gasteiger partial charge in [-0.25, -0.2) is 24.6 Å². The molecule has 1 saturated heterocycles. The molecule has 4 heterocycles. The third-order valence-corrected chi connectivity index (χ3v) is 6.80. The molecule has 180 valence electrons. The molecule has 0 bridgehead atoms. The molecule has 2 unspecified atom stereocenters. The molecule has 0 saturated carbocycles. The van der Waals surface area contributed by atoms with E-state index in [9.17, 15) is 14.3 Å². The van der Waals surface area contributed by atoms with E-state index >= 15 is 0 Å². The van der Waals surface area contributed by atoms with Crippen LogP contribution in [0.4, 0.5) is 10.1 Å². The molecule has 10 nitrogen and oxygen atoms in total. The van der Waals surface area contributed by atoms with E-state index in [4.69, 9.17) is 0 Å². The van der Waals surface area contributed by atoms with Crippen molar-refractivity contribution in [3.8, 4) is 0 Å². The fourth-order valence-corrected chi connectivity index (χ4v) is 4.97. The third-order valence-electron chi connectivity index (χ3n) is 6.80. The van der Waals surface area contributed by atoms with E-state index in [-0.39, 0.29) is 24.6 Å². The monoisotopic (exact) mass is 476 g/mol. The number of aromatic nitrogens is 5. The Morgan fingerprint density at radius 1 is 1.17 bits per heavy atom. The Hall–Kier alpha value is -3.67. The first-order valence-electron chi connectivity index (χ1n) is 11.7. The van der Waals surface area contributed by atoms with Gasteiger partial charge >= 0.3 is 0 Å². The van der Waals surface area contributed by atoms with Crippen LogP contribution in [-0.2, 0) is 13.1 Å². The summed E-state index contributed by atoms with van der Waals surface area (Å²) in [4.78, 5) is 19.5. The summed E-state index contributed by atoms with van der Waals surface area (Å²) in [7, 11) is 0. The molecule has 4 N–H and O–H groups in total. The maximum atomic E-state index is 14.4. The number of hydrogen-bond donors (Lipinski definition) is 4. The van der Waals surface area contributed by atoms with Crippen molar-refractivity contribution >= 4 is 16.5 Å². The van der Waals surface area contributed by atoms with Gasteiger partial charge in [-0.05, 0) is 42.8 Å². The van der Waals surface area contributed by atoms with Gasteiger partial charge in [0.25, 0.3) is 5.56 Å². The third kappa shape index (κ3) is 3.87. The number of halogens is 1. The number of aromatic amines is 1. The molecule has 35 heavy (non-hydrogen) atoms. The van der Waals surface area contributed by atoms with Gasteiger partial charge in [-0.2, -0.15) is 10.2 Å². The summed E-state index contributed by atoms with van der Waals surface area (Å²) in [5.41, 5.74) is 9.10. The molecule has 2 atom stereocenters. The lowest BCUT2D eigenvalue weighted by Crippen LogP contribution is -2.36. The quantitative estimate of drug-likeness (QED) is 0.331. The molecule has 2 aliphatic heterocycles. The maximum absolute atomic E-state index is 14.4. The number of benzene rings is 2. The second kappa shape index (κ2) is 8.84. The second-order valence-corrected chi connectivity index (χ2v) is 8.97. The van der Waals surface area contributed by atoms with Crippen LogP contribution in [0, 0.1) is 5.82 Å². The first-order valence-corrected chi connectivity index (χ1v) is 11.7. The number of anilines is 1. The summed E-state index contributed by atoms with van der Waals surface area (Å²) in [6.07, 6.45) is 2.68. The summed E-state index contributed by atoms with van der Waals surface area (Å²) in [6, 6.07) is 10.5. The molecule has 0 aliphatic carbocycles. The van der Waals surface area contributed by atoms with E-state index in [2.05, 4.69) is 60.3 Å². The van der Waals surface area contributed by atoms with E-state index in [1.807, 2.05) is 0 Å². The number of likely N-dealkylation sites (tertiary alicyclic amines) is 1. The van der Waals surface area contributed by atoms with Gasteiger partial charge in [-0.15, -0.1) is 0 Å². The van der Waals surface area contributed by atoms with E-state index in [1.54, 1.807) is 4.68 Å². The van der Waals surface area contributed by atoms with Crippen molar-refractivity contribution in [1.29, 1.82) is 0 Å². The van der Waals surface area contributed by atoms with Crippen molar-refractivity contribution in [3.05, 3.63) is 81.5 Å². The minimum absolute atomic E-state index is 0.110. The van der Waals surface area contributed by atoms with Crippen LogP contribution in [-0.4, -0.2) is 54.7 Å². The number of rotatable bonds is 6. The van der Waals surface area contributed by atoms with E-state index < -0.39 is 17.3 Å². The van der Waals surface area contributed by atoms with Crippen molar-refractivity contribution in [3.63, 3.8) is 0 Å². The van der Waals surface area contributed by atoms with Crippen molar-refractivity contribution < 1.29 is 9.50 Å². The predicted octanol–water partition coefficient (Wildman–Crippen LogP) is 1.65. The van der Waals surface area contributed by atoms with Crippen LogP contribution < -0.4 is 16.4 Å².